The first-order chi connectivity index (χ1) is 6.89. The van der Waals surface area contributed by atoms with E-state index in [1.807, 2.05) is 0 Å². The molecule has 16 heavy (non-hydrogen) atoms. The highest BCUT2D eigenvalue weighted by Gasteiger charge is 2.26. The molecule has 0 aliphatic heterocycles. The maximum atomic E-state index is 10.3. The van der Waals surface area contributed by atoms with Crippen molar-refractivity contribution >= 4 is 22.5 Å². The molecule has 0 saturated carbocycles. The minimum atomic E-state index is -3.99. The van der Waals surface area contributed by atoms with Crippen LogP contribution in [0, 0.1) is 0 Å². The van der Waals surface area contributed by atoms with Gasteiger partial charge in [0.25, 0.3) is 10.1 Å². The molecule has 9 heteroatoms. The summed E-state index contributed by atoms with van der Waals surface area (Å²) >= 11 is 0. The minimum absolute atomic E-state index is 0. The van der Waals surface area contributed by atoms with Crippen LogP contribution in [0.3, 0.4) is 0 Å². The lowest BCUT2D eigenvalue weighted by molar-refractivity contribution is 0.0429. The van der Waals surface area contributed by atoms with Crippen LogP contribution in [0.4, 0.5) is 0 Å². The van der Waals surface area contributed by atoms with Crippen molar-refractivity contribution in [3.8, 4) is 0 Å². The zero-order valence-electron chi connectivity index (χ0n) is 8.66. The van der Waals surface area contributed by atoms with Gasteiger partial charge < -0.3 is 20.6 Å². The highest BCUT2D eigenvalue weighted by Crippen LogP contribution is 2.01. The topological polar surface area (TPSA) is 127 Å². The van der Waals surface area contributed by atoms with Crippen LogP contribution in [0.15, 0.2) is 0 Å². The van der Waals surface area contributed by atoms with E-state index in [9.17, 15) is 8.42 Å². The summed E-state index contributed by atoms with van der Waals surface area (Å²) in [6.07, 6.45) is 0.126. The van der Waals surface area contributed by atoms with Crippen LogP contribution in [0.1, 0.15) is 6.42 Å². The summed E-state index contributed by atoms with van der Waals surface area (Å²) in [6.45, 7) is -1.24. The third kappa shape index (κ3) is 7.34. The molecule has 0 unspecified atom stereocenters. The molecular formula is C7H18ClNO6S. The van der Waals surface area contributed by atoms with E-state index in [-0.39, 0.29) is 25.4 Å². The van der Waals surface area contributed by atoms with E-state index in [0.717, 1.165) is 0 Å². The molecule has 0 bridgehead atoms. The van der Waals surface area contributed by atoms with Gasteiger partial charge in [-0.25, -0.2) is 0 Å². The Labute approximate surface area is 101 Å². The molecule has 0 aliphatic carbocycles. The van der Waals surface area contributed by atoms with Crippen LogP contribution in [0.25, 0.3) is 0 Å². The van der Waals surface area contributed by atoms with Gasteiger partial charge in [-0.05, 0) is 13.0 Å². The van der Waals surface area contributed by atoms with Crippen molar-refractivity contribution in [3.63, 3.8) is 0 Å². The number of halogens is 1. The first-order valence-electron chi connectivity index (χ1n) is 4.42. The van der Waals surface area contributed by atoms with E-state index < -0.39 is 41.2 Å². The summed E-state index contributed by atoms with van der Waals surface area (Å²) in [5.74, 6) is -0.404. The van der Waals surface area contributed by atoms with E-state index in [0.29, 0.717) is 0 Å². The van der Waals surface area contributed by atoms with Crippen LogP contribution in [0.2, 0.25) is 0 Å². The zero-order valence-corrected chi connectivity index (χ0v) is 10.3. The number of nitrogens with one attached hydrogen (secondary N) is 1. The highest BCUT2D eigenvalue weighted by atomic mass is 35.5. The van der Waals surface area contributed by atoms with Crippen LogP contribution in [-0.2, 0) is 10.1 Å². The second-order valence-corrected chi connectivity index (χ2v) is 4.89. The predicted molar refractivity (Wildman–Crippen MR) is 60.3 cm³/mol. The molecule has 0 rings (SSSR count). The molecule has 0 aliphatic rings. The zero-order chi connectivity index (χ0) is 11.9. The normalized spacial score (nSPS) is 12.2. The summed E-state index contributed by atoms with van der Waals surface area (Å²) in [7, 11) is -3.99. The van der Waals surface area contributed by atoms with Crippen molar-refractivity contribution in [1.82, 2.24) is 5.32 Å². The lowest BCUT2D eigenvalue weighted by atomic mass is 10.0. The number of rotatable bonds is 8. The Morgan fingerprint density at radius 2 is 1.50 bits per heavy atom. The molecule has 0 fully saturated rings. The van der Waals surface area contributed by atoms with Gasteiger partial charge in [0.2, 0.25) is 0 Å². The van der Waals surface area contributed by atoms with Crippen LogP contribution < -0.4 is 5.32 Å². The first kappa shape index (κ1) is 18.4. The van der Waals surface area contributed by atoms with Gasteiger partial charge in [-0.1, -0.05) is 0 Å². The first-order valence-corrected chi connectivity index (χ1v) is 6.03. The Morgan fingerprint density at radius 1 is 1.06 bits per heavy atom. The fourth-order valence-electron chi connectivity index (χ4n) is 0.926. The van der Waals surface area contributed by atoms with Crippen LogP contribution in [0.5, 0.6) is 0 Å². The van der Waals surface area contributed by atoms with E-state index in [1.165, 1.54) is 0 Å². The average Bonchev–Trinajstić information content (AvgIpc) is 2.18. The Balaban J connectivity index is 0. The van der Waals surface area contributed by atoms with E-state index in [4.69, 9.17) is 19.9 Å². The number of aliphatic hydroxyl groups excluding tert-OH is 3. The quantitative estimate of drug-likeness (QED) is 0.257. The minimum Gasteiger partial charge on any atom is -0.394 e. The van der Waals surface area contributed by atoms with Crippen molar-refractivity contribution in [2.24, 2.45) is 0 Å². The second-order valence-electron chi connectivity index (χ2n) is 3.32. The van der Waals surface area contributed by atoms with Crippen molar-refractivity contribution in [1.29, 1.82) is 0 Å². The molecule has 0 atom stereocenters. The SMILES string of the molecule is Cl.O=S(=O)(O)CCCNC(CO)(CO)CO. The predicted octanol–water partition coefficient (Wildman–Crippen LogP) is -2.01. The standard InChI is InChI=1S/C7H17NO6S.ClH/c9-4-7(5-10,6-11)8-2-1-3-15(12,13)14;/h8-11H,1-6H2,(H,12,13,14);1H. The monoisotopic (exact) mass is 279 g/mol. The highest BCUT2D eigenvalue weighted by molar-refractivity contribution is 7.85. The molecule has 0 heterocycles. The lowest BCUT2D eigenvalue weighted by Gasteiger charge is -2.28. The molecule has 0 radical (unpaired) electrons. The van der Waals surface area contributed by atoms with Crippen molar-refractivity contribution in [2.45, 2.75) is 12.0 Å². The number of aliphatic hydroxyl groups is 3. The van der Waals surface area contributed by atoms with Crippen molar-refractivity contribution < 1.29 is 28.3 Å². The molecule has 0 spiro atoms. The van der Waals surface area contributed by atoms with Gasteiger partial charge in [0.1, 0.15) is 0 Å². The third-order valence-electron chi connectivity index (χ3n) is 1.99. The third-order valence-corrected chi connectivity index (χ3v) is 2.79. The summed E-state index contributed by atoms with van der Waals surface area (Å²) in [5, 5.41) is 29.3. The van der Waals surface area contributed by atoms with E-state index in [2.05, 4.69) is 5.32 Å². The van der Waals surface area contributed by atoms with Gasteiger partial charge in [0, 0.05) is 0 Å². The molecule has 0 aromatic heterocycles. The molecule has 5 N–H and O–H groups in total. The summed E-state index contributed by atoms with van der Waals surface area (Å²) in [6, 6.07) is 0. The molecule has 100 valence electrons. The number of hydrogen-bond acceptors (Lipinski definition) is 6. The summed E-state index contributed by atoms with van der Waals surface area (Å²) < 4.78 is 29.1. The fraction of sp³-hybridized carbons (Fsp3) is 1.00. The fourth-order valence-corrected chi connectivity index (χ4v) is 1.43. The average molecular weight is 280 g/mol. The van der Waals surface area contributed by atoms with Gasteiger partial charge in [0.15, 0.2) is 0 Å². The smallest absolute Gasteiger partial charge is 0.264 e. The van der Waals surface area contributed by atoms with Gasteiger partial charge in [0.05, 0.1) is 31.1 Å². The Bertz CT molecular complexity index is 258. The maximum absolute atomic E-state index is 10.3. The van der Waals surface area contributed by atoms with Gasteiger partial charge in [-0.3, -0.25) is 4.55 Å². The molecule has 0 aromatic rings. The van der Waals surface area contributed by atoms with Gasteiger partial charge in [-0.2, -0.15) is 8.42 Å². The summed E-state index contributed by atoms with van der Waals surface area (Å²) in [5.41, 5.74) is -1.21. The maximum Gasteiger partial charge on any atom is 0.264 e. The van der Waals surface area contributed by atoms with E-state index in [1.54, 1.807) is 0 Å². The van der Waals surface area contributed by atoms with Crippen LogP contribution >= 0.6 is 12.4 Å². The van der Waals surface area contributed by atoms with Crippen LogP contribution in [-0.4, -0.2) is 65.9 Å². The largest absolute Gasteiger partial charge is 0.394 e. The van der Waals surface area contributed by atoms with Gasteiger partial charge in [-0.15, -0.1) is 12.4 Å². The van der Waals surface area contributed by atoms with Crippen molar-refractivity contribution in [3.05, 3.63) is 0 Å². The van der Waals surface area contributed by atoms with E-state index >= 15 is 0 Å². The van der Waals surface area contributed by atoms with Gasteiger partial charge >= 0.3 is 0 Å². The molecule has 0 saturated heterocycles. The Kier molecular flexibility index (Phi) is 9.41. The molecule has 0 aromatic carbocycles. The Hall–Kier alpha value is 0.0400. The second kappa shape index (κ2) is 8.18. The van der Waals surface area contributed by atoms with Crippen molar-refractivity contribution in [2.75, 3.05) is 32.1 Å². The Morgan fingerprint density at radius 3 is 1.81 bits per heavy atom. The lowest BCUT2D eigenvalue weighted by Crippen LogP contribution is -2.55. The molecule has 0 amide bonds. The summed E-state index contributed by atoms with van der Waals surface area (Å²) in [4.78, 5) is 0. The molecular weight excluding hydrogens is 262 g/mol. The molecule has 7 nitrogen and oxygen atoms in total. The number of hydrogen-bond donors (Lipinski definition) is 5.